The van der Waals surface area contributed by atoms with Gasteiger partial charge in [-0.2, -0.15) is 0 Å². The van der Waals surface area contributed by atoms with E-state index in [0.717, 1.165) is 11.1 Å². The zero-order valence-electron chi connectivity index (χ0n) is 10.7. The Morgan fingerprint density at radius 3 is 2.11 bits per heavy atom. The lowest BCUT2D eigenvalue weighted by Crippen LogP contribution is -2.17. The molecular formula is C15H16N2O2. The summed E-state index contributed by atoms with van der Waals surface area (Å²) in [6.45, 7) is 2.03. The molecule has 0 saturated carbocycles. The van der Waals surface area contributed by atoms with E-state index in [1.54, 1.807) is 12.1 Å². The Labute approximate surface area is 112 Å². The number of hydrogen-bond acceptors (Lipinski definition) is 3. The summed E-state index contributed by atoms with van der Waals surface area (Å²) in [7, 11) is 0. The van der Waals surface area contributed by atoms with Gasteiger partial charge in [0, 0.05) is 24.1 Å². The smallest absolute Gasteiger partial charge is 0.269 e. The number of hydrogen-bond donors (Lipinski definition) is 1. The molecule has 0 radical (unpaired) electrons. The Bertz CT molecular complexity index is 552. The van der Waals surface area contributed by atoms with Crippen LogP contribution in [0.2, 0.25) is 0 Å². The van der Waals surface area contributed by atoms with Crippen molar-refractivity contribution in [1.29, 1.82) is 0 Å². The molecule has 0 saturated heterocycles. The van der Waals surface area contributed by atoms with Crippen molar-refractivity contribution in [3.8, 4) is 0 Å². The molecule has 2 aromatic rings. The van der Waals surface area contributed by atoms with Crippen LogP contribution in [-0.4, -0.2) is 4.92 Å². The Balaban J connectivity index is 2.19. The normalized spacial score (nSPS) is 13.8. The molecule has 2 atom stereocenters. The van der Waals surface area contributed by atoms with E-state index in [1.807, 2.05) is 37.3 Å². The first-order valence-electron chi connectivity index (χ1n) is 6.14. The van der Waals surface area contributed by atoms with E-state index in [9.17, 15) is 10.1 Å². The molecule has 2 rings (SSSR count). The third-order valence-electron chi connectivity index (χ3n) is 3.35. The molecule has 2 aromatic carbocycles. The summed E-state index contributed by atoms with van der Waals surface area (Å²) in [6, 6.07) is 16.3. The van der Waals surface area contributed by atoms with Crippen LogP contribution in [0.15, 0.2) is 54.6 Å². The molecule has 2 unspecified atom stereocenters. The maximum Gasteiger partial charge on any atom is 0.269 e. The quantitative estimate of drug-likeness (QED) is 0.673. The molecule has 0 fully saturated rings. The van der Waals surface area contributed by atoms with Crippen molar-refractivity contribution in [2.75, 3.05) is 0 Å². The maximum atomic E-state index is 10.6. The first kappa shape index (κ1) is 13.2. The third kappa shape index (κ3) is 2.98. The van der Waals surface area contributed by atoms with Crippen molar-refractivity contribution in [2.45, 2.75) is 18.9 Å². The summed E-state index contributed by atoms with van der Waals surface area (Å²) in [6.07, 6.45) is 0. The Morgan fingerprint density at radius 2 is 1.58 bits per heavy atom. The zero-order chi connectivity index (χ0) is 13.8. The number of nitrogens with two attached hydrogens (primary N) is 1. The van der Waals surface area contributed by atoms with Gasteiger partial charge in [-0.15, -0.1) is 0 Å². The predicted molar refractivity (Wildman–Crippen MR) is 74.9 cm³/mol. The third-order valence-corrected chi connectivity index (χ3v) is 3.35. The van der Waals surface area contributed by atoms with Crippen molar-refractivity contribution >= 4 is 5.69 Å². The van der Waals surface area contributed by atoms with Crippen LogP contribution in [0.1, 0.15) is 30.0 Å². The van der Waals surface area contributed by atoms with E-state index < -0.39 is 4.92 Å². The van der Waals surface area contributed by atoms with E-state index in [-0.39, 0.29) is 17.6 Å². The lowest BCUT2D eigenvalue weighted by Gasteiger charge is -2.20. The van der Waals surface area contributed by atoms with E-state index >= 15 is 0 Å². The molecule has 2 N–H and O–H groups in total. The molecule has 0 aromatic heterocycles. The van der Waals surface area contributed by atoms with Gasteiger partial charge < -0.3 is 5.73 Å². The predicted octanol–water partition coefficient (Wildman–Crippen LogP) is 3.40. The van der Waals surface area contributed by atoms with Crippen molar-refractivity contribution < 1.29 is 4.92 Å². The molecule has 0 aliphatic carbocycles. The minimum Gasteiger partial charge on any atom is -0.323 e. The second-order valence-electron chi connectivity index (χ2n) is 4.57. The van der Waals surface area contributed by atoms with Gasteiger partial charge in [-0.3, -0.25) is 10.1 Å². The van der Waals surface area contributed by atoms with Crippen molar-refractivity contribution in [3.63, 3.8) is 0 Å². The van der Waals surface area contributed by atoms with Crippen molar-refractivity contribution in [3.05, 3.63) is 75.8 Å². The molecule has 0 bridgehead atoms. The fraction of sp³-hybridized carbons (Fsp3) is 0.200. The number of nitrogens with zero attached hydrogens (tertiary/aromatic N) is 1. The van der Waals surface area contributed by atoms with Gasteiger partial charge in [-0.25, -0.2) is 0 Å². The van der Waals surface area contributed by atoms with Gasteiger partial charge in [0.2, 0.25) is 0 Å². The van der Waals surface area contributed by atoms with E-state index in [2.05, 4.69) is 0 Å². The van der Waals surface area contributed by atoms with Gasteiger partial charge >= 0.3 is 0 Å². The Morgan fingerprint density at radius 1 is 1.00 bits per heavy atom. The van der Waals surface area contributed by atoms with Crippen LogP contribution in [0.4, 0.5) is 5.69 Å². The van der Waals surface area contributed by atoms with Crippen LogP contribution in [0.5, 0.6) is 0 Å². The Hall–Kier alpha value is -2.20. The summed E-state index contributed by atoms with van der Waals surface area (Å²) in [5.41, 5.74) is 8.40. The average Bonchev–Trinajstić information content (AvgIpc) is 2.46. The highest BCUT2D eigenvalue weighted by Gasteiger charge is 2.17. The summed E-state index contributed by atoms with van der Waals surface area (Å²) < 4.78 is 0. The highest BCUT2D eigenvalue weighted by Crippen LogP contribution is 2.29. The van der Waals surface area contributed by atoms with Crippen LogP contribution >= 0.6 is 0 Å². The fourth-order valence-electron chi connectivity index (χ4n) is 2.07. The van der Waals surface area contributed by atoms with Gasteiger partial charge in [-0.1, -0.05) is 49.4 Å². The van der Waals surface area contributed by atoms with Crippen LogP contribution < -0.4 is 5.73 Å². The summed E-state index contributed by atoms with van der Waals surface area (Å²) in [5, 5.41) is 10.6. The summed E-state index contributed by atoms with van der Waals surface area (Å²) in [4.78, 5) is 10.2. The molecule has 4 nitrogen and oxygen atoms in total. The van der Waals surface area contributed by atoms with E-state index in [0.29, 0.717) is 0 Å². The SMILES string of the molecule is CC(c1ccc([N+](=O)[O-])cc1)C(N)c1ccccc1. The van der Waals surface area contributed by atoms with Gasteiger partial charge in [0.15, 0.2) is 0 Å². The average molecular weight is 256 g/mol. The summed E-state index contributed by atoms with van der Waals surface area (Å²) >= 11 is 0. The molecule has 0 amide bonds. The molecule has 0 aliphatic heterocycles. The van der Waals surface area contributed by atoms with Crippen LogP contribution in [0.3, 0.4) is 0 Å². The summed E-state index contributed by atoms with van der Waals surface area (Å²) in [5.74, 6) is 0.100. The monoisotopic (exact) mass is 256 g/mol. The maximum absolute atomic E-state index is 10.6. The molecule has 0 aliphatic rings. The second-order valence-corrected chi connectivity index (χ2v) is 4.57. The largest absolute Gasteiger partial charge is 0.323 e. The van der Waals surface area contributed by atoms with Crippen LogP contribution in [-0.2, 0) is 0 Å². The molecule has 0 spiro atoms. The van der Waals surface area contributed by atoms with Crippen LogP contribution in [0, 0.1) is 10.1 Å². The minimum atomic E-state index is -0.397. The van der Waals surface area contributed by atoms with Crippen molar-refractivity contribution in [1.82, 2.24) is 0 Å². The first-order valence-corrected chi connectivity index (χ1v) is 6.14. The number of nitro groups is 1. The topological polar surface area (TPSA) is 69.2 Å². The molecule has 19 heavy (non-hydrogen) atoms. The number of nitro benzene ring substituents is 1. The van der Waals surface area contributed by atoms with E-state index in [4.69, 9.17) is 5.73 Å². The van der Waals surface area contributed by atoms with Crippen molar-refractivity contribution in [2.24, 2.45) is 5.73 Å². The molecule has 0 heterocycles. The lowest BCUT2D eigenvalue weighted by molar-refractivity contribution is -0.384. The highest BCUT2D eigenvalue weighted by molar-refractivity contribution is 5.35. The second kappa shape index (κ2) is 5.63. The number of rotatable bonds is 4. The minimum absolute atomic E-state index is 0.100. The Kier molecular flexibility index (Phi) is 3.92. The number of non-ortho nitro benzene ring substituents is 1. The fourth-order valence-corrected chi connectivity index (χ4v) is 2.07. The van der Waals surface area contributed by atoms with E-state index in [1.165, 1.54) is 12.1 Å². The lowest BCUT2D eigenvalue weighted by atomic mass is 9.89. The van der Waals surface area contributed by atoms with Gasteiger partial charge in [0.1, 0.15) is 0 Å². The highest BCUT2D eigenvalue weighted by atomic mass is 16.6. The molecular weight excluding hydrogens is 240 g/mol. The standard InChI is InChI=1S/C15H16N2O2/c1-11(15(16)13-5-3-2-4-6-13)12-7-9-14(10-8-12)17(18)19/h2-11,15H,16H2,1H3. The van der Waals surface area contributed by atoms with Gasteiger partial charge in [0.25, 0.3) is 5.69 Å². The first-order chi connectivity index (χ1) is 9.09. The number of benzene rings is 2. The van der Waals surface area contributed by atoms with Gasteiger partial charge in [-0.05, 0) is 11.1 Å². The van der Waals surface area contributed by atoms with Crippen LogP contribution in [0.25, 0.3) is 0 Å². The molecule has 4 heteroatoms. The van der Waals surface area contributed by atoms with Gasteiger partial charge in [0.05, 0.1) is 4.92 Å². The molecule has 98 valence electrons. The zero-order valence-corrected chi connectivity index (χ0v) is 10.7.